The zero-order valence-corrected chi connectivity index (χ0v) is 13.9. The van der Waals surface area contributed by atoms with Crippen LogP contribution in [0.1, 0.15) is 21.5 Å². The van der Waals surface area contributed by atoms with Crippen molar-refractivity contribution in [1.29, 1.82) is 0 Å². The molecule has 2 aromatic heterocycles. The van der Waals surface area contributed by atoms with E-state index >= 15 is 0 Å². The minimum Gasteiger partial charge on any atom is -0.350 e. The second-order valence-corrected chi connectivity index (χ2v) is 5.75. The summed E-state index contributed by atoms with van der Waals surface area (Å²) in [5.74, 6) is -0.0479. The Labute approximate surface area is 141 Å². The van der Waals surface area contributed by atoms with Gasteiger partial charge in [-0.05, 0) is 43.7 Å². The Morgan fingerprint density at radius 2 is 2.00 bits per heavy atom. The molecule has 0 aliphatic rings. The Morgan fingerprint density at radius 3 is 2.79 bits per heavy atom. The summed E-state index contributed by atoms with van der Waals surface area (Å²) in [4.78, 5) is 16.6. The molecule has 24 heavy (non-hydrogen) atoms. The molecule has 2 heterocycles. The van der Waals surface area contributed by atoms with Gasteiger partial charge < -0.3 is 5.32 Å². The van der Waals surface area contributed by atoms with Gasteiger partial charge in [-0.15, -0.1) is 0 Å². The smallest absolute Gasteiger partial charge is 0.251 e. The van der Waals surface area contributed by atoms with E-state index in [1.54, 1.807) is 6.20 Å². The maximum absolute atomic E-state index is 12.3. The number of aryl methyl sites for hydroxylation is 2. The zero-order chi connectivity index (χ0) is 16.9. The topological polar surface area (TPSA) is 59.8 Å². The Bertz CT molecular complexity index is 840. The van der Waals surface area contributed by atoms with Crippen LogP contribution >= 0.6 is 0 Å². The summed E-state index contributed by atoms with van der Waals surface area (Å²) in [6.07, 6.45) is 3.65. The summed E-state index contributed by atoms with van der Waals surface area (Å²) in [5, 5.41) is 7.43. The fourth-order valence-electron chi connectivity index (χ4n) is 2.50. The number of benzene rings is 1. The normalized spacial score (nSPS) is 10.6. The molecule has 3 rings (SSSR count). The van der Waals surface area contributed by atoms with Gasteiger partial charge in [0.05, 0.1) is 12.2 Å². The van der Waals surface area contributed by atoms with Crippen LogP contribution in [-0.2, 0) is 6.54 Å². The van der Waals surface area contributed by atoms with Gasteiger partial charge in [-0.3, -0.25) is 14.5 Å². The highest BCUT2D eigenvalue weighted by atomic mass is 16.1. The lowest BCUT2D eigenvalue weighted by Crippen LogP contribution is -2.28. The molecule has 0 fully saturated rings. The van der Waals surface area contributed by atoms with Crippen molar-refractivity contribution in [2.24, 2.45) is 0 Å². The van der Waals surface area contributed by atoms with E-state index in [9.17, 15) is 4.79 Å². The molecule has 0 saturated heterocycles. The van der Waals surface area contributed by atoms with Crippen LogP contribution in [0.15, 0.2) is 54.9 Å². The van der Waals surface area contributed by atoms with E-state index in [-0.39, 0.29) is 5.91 Å². The van der Waals surface area contributed by atoms with Crippen molar-refractivity contribution in [3.05, 3.63) is 71.5 Å². The molecular weight excluding hydrogens is 300 g/mol. The van der Waals surface area contributed by atoms with Gasteiger partial charge in [-0.1, -0.05) is 23.8 Å². The monoisotopic (exact) mass is 320 g/mol. The first-order valence-corrected chi connectivity index (χ1v) is 7.94. The molecule has 0 unspecified atom stereocenters. The fraction of sp³-hybridized carbons (Fsp3) is 0.211. The molecule has 0 saturated carbocycles. The van der Waals surface area contributed by atoms with E-state index < -0.39 is 0 Å². The Balaban J connectivity index is 1.58. The second-order valence-electron chi connectivity index (χ2n) is 5.75. The van der Waals surface area contributed by atoms with Crippen molar-refractivity contribution >= 4 is 5.91 Å². The minimum atomic E-state index is -0.0479. The number of rotatable bonds is 5. The SMILES string of the molecule is Cc1ccc(C)c(C(=O)NCCn2ccc(-c3ccccn3)n2)c1. The van der Waals surface area contributed by atoms with Crippen molar-refractivity contribution < 1.29 is 4.79 Å². The lowest BCUT2D eigenvalue weighted by atomic mass is 10.1. The number of carbonyl (C=O) groups is 1. The number of pyridine rings is 1. The number of nitrogens with zero attached hydrogens (tertiary/aromatic N) is 3. The molecule has 3 aromatic rings. The van der Waals surface area contributed by atoms with Crippen molar-refractivity contribution in [2.75, 3.05) is 6.54 Å². The molecule has 0 aliphatic carbocycles. The van der Waals surface area contributed by atoms with Gasteiger partial charge in [0.15, 0.2) is 0 Å². The lowest BCUT2D eigenvalue weighted by molar-refractivity contribution is 0.0951. The molecule has 0 aliphatic heterocycles. The third-order valence-corrected chi connectivity index (χ3v) is 3.83. The number of aromatic nitrogens is 3. The Hall–Kier alpha value is -2.95. The van der Waals surface area contributed by atoms with Crippen LogP contribution in [0.25, 0.3) is 11.4 Å². The number of nitrogens with one attached hydrogen (secondary N) is 1. The number of hydrogen-bond acceptors (Lipinski definition) is 3. The maximum atomic E-state index is 12.3. The second kappa shape index (κ2) is 7.08. The quantitative estimate of drug-likeness (QED) is 0.786. The van der Waals surface area contributed by atoms with Crippen molar-refractivity contribution in [3.63, 3.8) is 0 Å². The van der Waals surface area contributed by atoms with Gasteiger partial charge >= 0.3 is 0 Å². The van der Waals surface area contributed by atoms with Crippen LogP contribution in [0.5, 0.6) is 0 Å². The van der Waals surface area contributed by atoms with Gasteiger partial charge in [0.25, 0.3) is 5.91 Å². The van der Waals surface area contributed by atoms with Crippen molar-refractivity contribution in [3.8, 4) is 11.4 Å². The molecule has 1 aromatic carbocycles. The number of hydrogen-bond donors (Lipinski definition) is 1. The molecular formula is C19H20N4O. The highest BCUT2D eigenvalue weighted by molar-refractivity contribution is 5.95. The summed E-state index contributed by atoms with van der Waals surface area (Å²) in [5.41, 5.74) is 4.46. The molecule has 5 heteroatoms. The first-order chi connectivity index (χ1) is 11.6. The highest BCUT2D eigenvalue weighted by Gasteiger charge is 2.09. The van der Waals surface area contributed by atoms with Gasteiger partial charge in [-0.2, -0.15) is 5.10 Å². The summed E-state index contributed by atoms with van der Waals surface area (Å²) >= 11 is 0. The summed E-state index contributed by atoms with van der Waals surface area (Å²) in [7, 11) is 0. The van der Waals surface area contributed by atoms with Gasteiger partial charge in [0.1, 0.15) is 5.69 Å². The fourth-order valence-corrected chi connectivity index (χ4v) is 2.50. The summed E-state index contributed by atoms with van der Waals surface area (Å²) < 4.78 is 1.81. The molecule has 0 spiro atoms. The molecule has 0 bridgehead atoms. The van der Waals surface area contributed by atoms with E-state index in [1.165, 1.54) is 0 Å². The molecule has 1 N–H and O–H groups in total. The first kappa shape index (κ1) is 15.9. The average Bonchev–Trinajstić information content (AvgIpc) is 3.06. The number of carbonyl (C=O) groups excluding carboxylic acids is 1. The third kappa shape index (κ3) is 3.68. The first-order valence-electron chi connectivity index (χ1n) is 7.94. The lowest BCUT2D eigenvalue weighted by Gasteiger charge is -2.08. The van der Waals surface area contributed by atoms with Gasteiger partial charge in [0, 0.05) is 24.5 Å². The molecule has 0 atom stereocenters. The minimum absolute atomic E-state index is 0.0479. The molecule has 122 valence electrons. The predicted octanol–water partition coefficient (Wildman–Crippen LogP) is 2.99. The number of amides is 1. The Kier molecular flexibility index (Phi) is 4.70. The molecule has 1 amide bonds. The van der Waals surface area contributed by atoms with E-state index in [0.717, 1.165) is 28.1 Å². The largest absolute Gasteiger partial charge is 0.350 e. The van der Waals surface area contributed by atoms with Crippen LogP contribution in [0, 0.1) is 13.8 Å². The van der Waals surface area contributed by atoms with E-state index in [2.05, 4.69) is 15.4 Å². The summed E-state index contributed by atoms with van der Waals surface area (Å²) in [6, 6.07) is 13.6. The standard InChI is InChI=1S/C19H20N4O/c1-14-6-7-15(2)16(13-14)19(24)21-10-12-23-11-8-18(22-23)17-5-3-4-9-20-17/h3-9,11,13H,10,12H2,1-2H3,(H,21,24). The molecule has 5 nitrogen and oxygen atoms in total. The van der Waals surface area contributed by atoms with Crippen molar-refractivity contribution in [1.82, 2.24) is 20.1 Å². The maximum Gasteiger partial charge on any atom is 0.251 e. The van der Waals surface area contributed by atoms with Crippen LogP contribution in [-0.4, -0.2) is 27.2 Å². The predicted molar refractivity (Wildman–Crippen MR) is 93.7 cm³/mol. The van der Waals surface area contributed by atoms with Crippen LogP contribution < -0.4 is 5.32 Å². The zero-order valence-electron chi connectivity index (χ0n) is 13.9. The van der Waals surface area contributed by atoms with E-state index in [0.29, 0.717) is 13.1 Å². The van der Waals surface area contributed by atoms with E-state index in [1.807, 2.05) is 67.2 Å². The van der Waals surface area contributed by atoms with Crippen LogP contribution in [0.4, 0.5) is 0 Å². The Morgan fingerprint density at radius 1 is 1.12 bits per heavy atom. The third-order valence-electron chi connectivity index (χ3n) is 3.83. The highest BCUT2D eigenvalue weighted by Crippen LogP contribution is 2.13. The van der Waals surface area contributed by atoms with Crippen LogP contribution in [0.2, 0.25) is 0 Å². The van der Waals surface area contributed by atoms with Gasteiger partial charge in [0.2, 0.25) is 0 Å². The summed E-state index contributed by atoms with van der Waals surface area (Å²) in [6.45, 7) is 5.07. The average molecular weight is 320 g/mol. The molecule has 0 radical (unpaired) electrons. The van der Waals surface area contributed by atoms with Crippen LogP contribution in [0.3, 0.4) is 0 Å². The van der Waals surface area contributed by atoms with Crippen molar-refractivity contribution in [2.45, 2.75) is 20.4 Å². The van der Waals surface area contributed by atoms with E-state index in [4.69, 9.17) is 0 Å². The van der Waals surface area contributed by atoms with Gasteiger partial charge in [-0.25, -0.2) is 0 Å².